The monoisotopic (exact) mass is 334 g/mol. The van der Waals surface area contributed by atoms with Gasteiger partial charge in [-0.3, -0.25) is 4.79 Å². The number of thioether (sulfide) groups is 1. The minimum atomic E-state index is -0.366. The van der Waals surface area contributed by atoms with E-state index in [1.165, 1.54) is 23.9 Å². The van der Waals surface area contributed by atoms with Crippen LogP contribution in [0.25, 0.3) is 0 Å². The lowest BCUT2D eigenvalue weighted by Crippen LogP contribution is -2.32. The molecule has 1 aromatic carbocycles. The van der Waals surface area contributed by atoms with Crippen molar-refractivity contribution in [3.8, 4) is 0 Å². The van der Waals surface area contributed by atoms with Gasteiger partial charge < -0.3 is 10.6 Å². The zero-order valence-electron chi connectivity index (χ0n) is 13.3. The van der Waals surface area contributed by atoms with Crippen molar-refractivity contribution in [1.29, 1.82) is 0 Å². The molecule has 122 valence electrons. The summed E-state index contributed by atoms with van der Waals surface area (Å²) in [4.78, 5) is 22.4. The second-order valence-corrected chi connectivity index (χ2v) is 6.61. The molecule has 2 N–H and O–H groups in total. The molecule has 0 bridgehead atoms. The number of rotatable bonds is 5. The summed E-state index contributed by atoms with van der Waals surface area (Å²) in [5, 5.41) is 0.109. The van der Waals surface area contributed by atoms with Crippen molar-refractivity contribution >= 4 is 23.5 Å². The first-order valence-electron chi connectivity index (χ1n) is 7.12. The molecule has 1 aromatic heterocycles. The van der Waals surface area contributed by atoms with Crippen molar-refractivity contribution < 1.29 is 9.18 Å². The van der Waals surface area contributed by atoms with Gasteiger partial charge in [0.25, 0.3) is 0 Å². The summed E-state index contributed by atoms with van der Waals surface area (Å²) in [7, 11) is 1.69. The molecule has 0 saturated carbocycles. The number of amides is 1. The minimum absolute atomic E-state index is 0.0806. The smallest absolute Gasteiger partial charge is 0.235 e. The van der Waals surface area contributed by atoms with Gasteiger partial charge in [0.2, 0.25) is 5.91 Å². The molecule has 0 saturated heterocycles. The van der Waals surface area contributed by atoms with Crippen molar-refractivity contribution in [2.75, 3.05) is 12.8 Å². The molecule has 5 nitrogen and oxygen atoms in total. The number of halogens is 1. The van der Waals surface area contributed by atoms with Crippen LogP contribution in [0, 0.1) is 12.7 Å². The average molecular weight is 334 g/mol. The van der Waals surface area contributed by atoms with Crippen LogP contribution in [0.5, 0.6) is 0 Å². The van der Waals surface area contributed by atoms with Gasteiger partial charge in [-0.2, -0.15) is 0 Å². The average Bonchev–Trinajstić information content (AvgIpc) is 2.45. The number of carbonyl (C=O) groups is 1. The summed E-state index contributed by atoms with van der Waals surface area (Å²) < 4.78 is 13.2. The molecule has 0 fully saturated rings. The zero-order chi connectivity index (χ0) is 17.0. The Labute approximate surface area is 139 Å². The van der Waals surface area contributed by atoms with Crippen LogP contribution in [0.4, 0.5) is 10.2 Å². The molecule has 2 rings (SSSR count). The van der Waals surface area contributed by atoms with Crippen LogP contribution in [0.1, 0.15) is 18.2 Å². The summed E-state index contributed by atoms with van der Waals surface area (Å²) in [6.07, 6.45) is 0. The zero-order valence-corrected chi connectivity index (χ0v) is 14.1. The highest BCUT2D eigenvalue weighted by atomic mass is 32.2. The predicted molar refractivity (Wildman–Crippen MR) is 89.4 cm³/mol. The standard InChI is InChI=1S/C16H19FN4OS/c1-10-7-14(18)20-16(19-10)23-11(2)15(22)21(3)9-12-5-4-6-13(17)8-12/h4-8,11H,9H2,1-3H3,(H2,18,19,20). The van der Waals surface area contributed by atoms with Crippen molar-refractivity contribution in [2.24, 2.45) is 0 Å². The number of aryl methyl sites for hydroxylation is 1. The lowest BCUT2D eigenvalue weighted by Gasteiger charge is -2.21. The second kappa shape index (κ2) is 7.41. The molecule has 23 heavy (non-hydrogen) atoms. The quantitative estimate of drug-likeness (QED) is 0.672. The molecular weight excluding hydrogens is 315 g/mol. The number of nitrogen functional groups attached to an aromatic ring is 1. The van der Waals surface area contributed by atoms with Gasteiger partial charge in [-0.15, -0.1) is 0 Å². The Bertz CT molecular complexity index is 690. The fourth-order valence-electron chi connectivity index (χ4n) is 2.12. The number of anilines is 1. The summed E-state index contributed by atoms with van der Waals surface area (Å²) in [5.74, 6) is -0.00916. The van der Waals surface area contributed by atoms with Crippen LogP contribution >= 0.6 is 11.8 Å². The van der Waals surface area contributed by atoms with E-state index in [-0.39, 0.29) is 17.0 Å². The lowest BCUT2D eigenvalue weighted by atomic mass is 10.2. The van der Waals surface area contributed by atoms with Gasteiger partial charge in [0.15, 0.2) is 5.16 Å². The number of aromatic nitrogens is 2. The number of carbonyl (C=O) groups excluding carboxylic acids is 1. The van der Waals surface area contributed by atoms with Crippen molar-refractivity contribution in [3.63, 3.8) is 0 Å². The van der Waals surface area contributed by atoms with Crippen LogP contribution in [0.15, 0.2) is 35.5 Å². The van der Waals surface area contributed by atoms with E-state index in [0.717, 1.165) is 11.3 Å². The summed E-state index contributed by atoms with van der Waals surface area (Å²) in [6.45, 7) is 3.96. The number of hydrogen-bond acceptors (Lipinski definition) is 5. The van der Waals surface area contributed by atoms with Gasteiger partial charge in [0, 0.05) is 25.4 Å². The van der Waals surface area contributed by atoms with Crippen molar-refractivity contribution in [3.05, 3.63) is 47.4 Å². The Morgan fingerprint density at radius 3 is 2.78 bits per heavy atom. The molecule has 1 atom stereocenters. The summed E-state index contributed by atoms with van der Waals surface area (Å²) in [5.41, 5.74) is 7.19. The maximum Gasteiger partial charge on any atom is 0.235 e. The maximum atomic E-state index is 13.2. The Morgan fingerprint density at radius 1 is 1.39 bits per heavy atom. The molecule has 1 heterocycles. The van der Waals surface area contributed by atoms with E-state index < -0.39 is 0 Å². The third-order valence-corrected chi connectivity index (χ3v) is 4.12. The van der Waals surface area contributed by atoms with Crippen LogP contribution in [-0.2, 0) is 11.3 Å². The first-order chi connectivity index (χ1) is 10.8. The molecule has 1 unspecified atom stereocenters. The summed E-state index contributed by atoms with van der Waals surface area (Å²) in [6, 6.07) is 7.89. The summed E-state index contributed by atoms with van der Waals surface area (Å²) >= 11 is 1.25. The van der Waals surface area contributed by atoms with E-state index in [9.17, 15) is 9.18 Å². The predicted octanol–water partition coefficient (Wildman–Crippen LogP) is 2.65. The first kappa shape index (κ1) is 17.2. The third kappa shape index (κ3) is 4.92. The minimum Gasteiger partial charge on any atom is -0.384 e. The third-order valence-electron chi connectivity index (χ3n) is 3.17. The fraction of sp³-hybridized carbons (Fsp3) is 0.312. The molecule has 0 radical (unpaired) electrons. The van der Waals surface area contributed by atoms with Gasteiger partial charge in [-0.05, 0) is 31.5 Å². The second-order valence-electron chi connectivity index (χ2n) is 5.30. The molecule has 0 aliphatic heterocycles. The molecule has 1 amide bonds. The van der Waals surface area contributed by atoms with Crippen LogP contribution in [-0.4, -0.2) is 33.1 Å². The Hall–Kier alpha value is -2.15. The van der Waals surface area contributed by atoms with Gasteiger partial charge in [0.05, 0.1) is 5.25 Å². The van der Waals surface area contributed by atoms with Gasteiger partial charge in [0.1, 0.15) is 11.6 Å². The largest absolute Gasteiger partial charge is 0.384 e. The maximum absolute atomic E-state index is 13.2. The van der Waals surface area contributed by atoms with Crippen molar-refractivity contribution in [2.45, 2.75) is 30.8 Å². The lowest BCUT2D eigenvalue weighted by molar-refractivity contribution is -0.129. The highest BCUT2D eigenvalue weighted by molar-refractivity contribution is 8.00. The van der Waals surface area contributed by atoms with Gasteiger partial charge in [-0.1, -0.05) is 23.9 Å². The first-order valence-corrected chi connectivity index (χ1v) is 8.00. The highest BCUT2D eigenvalue weighted by Gasteiger charge is 2.20. The van der Waals surface area contributed by atoms with E-state index in [1.54, 1.807) is 37.1 Å². The molecule has 0 spiro atoms. The topological polar surface area (TPSA) is 72.1 Å². The number of benzene rings is 1. The van der Waals surface area contributed by atoms with E-state index in [1.807, 2.05) is 6.92 Å². The molecule has 0 aliphatic rings. The molecular formula is C16H19FN4OS. The van der Waals surface area contributed by atoms with Gasteiger partial charge in [-0.25, -0.2) is 14.4 Å². The number of hydrogen-bond donors (Lipinski definition) is 1. The van der Waals surface area contributed by atoms with E-state index in [2.05, 4.69) is 9.97 Å². The Kier molecular flexibility index (Phi) is 5.54. The SMILES string of the molecule is Cc1cc(N)nc(SC(C)C(=O)N(C)Cc2cccc(F)c2)n1. The molecule has 0 aliphatic carbocycles. The molecule has 2 aromatic rings. The normalized spacial score (nSPS) is 12.0. The molecule has 7 heteroatoms. The van der Waals surface area contributed by atoms with E-state index in [0.29, 0.717) is 17.5 Å². The van der Waals surface area contributed by atoms with E-state index >= 15 is 0 Å². The van der Waals surface area contributed by atoms with Crippen LogP contribution in [0.2, 0.25) is 0 Å². The Morgan fingerprint density at radius 2 is 2.13 bits per heavy atom. The fourth-order valence-corrected chi connectivity index (χ4v) is 3.08. The Balaban J connectivity index is 2.00. The number of nitrogens with zero attached hydrogens (tertiary/aromatic N) is 3. The van der Waals surface area contributed by atoms with Gasteiger partial charge >= 0.3 is 0 Å². The number of nitrogens with two attached hydrogens (primary N) is 1. The van der Waals surface area contributed by atoms with Crippen molar-refractivity contribution in [1.82, 2.24) is 14.9 Å². The van der Waals surface area contributed by atoms with Crippen LogP contribution in [0.3, 0.4) is 0 Å². The highest BCUT2D eigenvalue weighted by Crippen LogP contribution is 2.22. The van der Waals surface area contributed by atoms with E-state index in [4.69, 9.17) is 5.73 Å². The van der Waals surface area contributed by atoms with Crippen LogP contribution < -0.4 is 5.73 Å².